The molecule has 0 bridgehead atoms. The first kappa shape index (κ1) is 18.6. The number of carboxylic acid groups (broad SMARTS) is 1. The van der Waals surface area contributed by atoms with E-state index in [1.807, 2.05) is 12.1 Å². The molecule has 0 saturated carbocycles. The molecule has 3 rings (SSSR count). The van der Waals surface area contributed by atoms with Crippen molar-refractivity contribution in [1.82, 2.24) is 10.2 Å². The van der Waals surface area contributed by atoms with Crippen LogP contribution in [0.2, 0.25) is 0 Å². The van der Waals surface area contributed by atoms with Gasteiger partial charge < -0.3 is 15.3 Å². The van der Waals surface area contributed by atoms with Crippen molar-refractivity contribution in [1.29, 1.82) is 0 Å². The molecular weight excluding hydrogens is 344 g/mol. The van der Waals surface area contributed by atoms with Gasteiger partial charge >= 0.3 is 5.97 Å². The van der Waals surface area contributed by atoms with E-state index in [0.29, 0.717) is 24.1 Å². The van der Waals surface area contributed by atoms with Gasteiger partial charge in [0.2, 0.25) is 5.91 Å². The number of aliphatic carboxylic acids is 1. The van der Waals surface area contributed by atoms with Gasteiger partial charge in [0.1, 0.15) is 6.04 Å². The lowest BCUT2D eigenvalue weighted by atomic mass is 9.90. The fourth-order valence-corrected chi connectivity index (χ4v) is 3.24. The normalized spacial score (nSPS) is 20.1. The minimum atomic E-state index is -0.958. The average Bonchev–Trinajstić information content (AvgIpc) is 3.10. The predicted octanol–water partition coefficient (Wildman–Crippen LogP) is 2.48. The van der Waals surface area contributed by atoms with Crippen LogP contribution in [0, 0.1) is 5.41 Å². The van der Waals surface area contributed by atoms with Crippen LogP contribution >= 0.6 is 0 Å². The van der Waals surface area contributed by atoms with Crippen LogP contribution in [0.25, 0.3) is 0 Å². The molecule has 2 N–H and O–H groups in total. The van der Waals surface area contributed by atoms with Crippen LogP contribution in [0.1, 0.15) is 35.3 Å². The number of carboxylic acids is 1. The SMILES string of the molecule is CC1(C(=O)O)CCN(C(=O)C(NC(=O)c2ccccc2)c2ccccc2)C1. The Morgan fingerprint density at radius 2 is 1.63 bits per heavy atom. The van der Waals surface area contributed by atoms with Gasteiger partial charge in [0.25, 0.3) is 5.91 Å². The van der Waals surface area contributed by atoms with Crippen molar-refractivity contribution in [2.24, 2.45) is 5.41 Å². The molecule has 2 amide bonds. The van der Waals surface area contributed by atoms with Gasteiger partial charge in [-0.25, -0.2) is 0 Å². The standard InChI is InChI=1S/C21H22N2O4/c1-21(20(26)27)12-13-23(14-21)19(25)17(15-8-4-2-5-9-15)22-18(24)16-10-6-3-7-11-16/h2-11,17H,12-14H2,1H3,(H,22,24)(H,26,27). The van der Waals surface area contributed by atoms with E-state index in [0.717, 1.165) is 0 Å². The number of amides is 2. The van der Waals surface area contributed by atoms with Crippen molar-refractivity contribution < 1.29 is 19.5 Å². The van der Waals surface area contributed by atoms with Gasteiger partial charge in [-0.2, -0.15) is 0 Å². The summed E-state index contributed by atoms with van der Waals surface area (Å²) in [6, 6.07) is 16.8. The summed E-state index contributed by atoms with van der Waals surface area (Å²) in [6.45, 7) is 2.13. The van der Waals surface area contributed by atoms with E-state index in [1.165, 1.54) is 4.90 Å². The summed E-state index contributed by atoms with van der Waals surface area (Å²) in [7, 11) is 0. The van der Waals surface area contributed by atoms with Crippen molar-refractivity contribution in [3.8, 4) is 0 Å². The fourth-order valence-electron chi connectivity index (χ4n) is 3.24. The van der Waals surface area contributed by atoms with Crippen molar-refractivity contribution in [3.05, 3.63) is 71.8 Å². The van der Waals surface area contributed by atoms with Crippen LogP contribution < -0.4 is 5.32 Å². The molecule has 2 unspecified atom stereocenters. The summed E-state index contributed by atoms with van der Waals surface area (Å²) >= 11 is 0. The second-order valence-corrected chi connectivity index (χ2v) is 7.06. The summed E-state index contributed by atoms with van der Waals surface area (Å²) < 4.78 is 0. The highest BCUT2D eigenvalue weighted by Gasteiger charge is 2.43. The molecule has 2 atom stereocenters. The molecule has 2 aromatic rings. The lowest BCUT2D eigenvalue weighted by Gasteiger charge is -2.26. The highest BCUT2D eigenvalue weighted by Crippen LogP contribution is 2.32. The van der Waals surface area contributed by atoms with Gasteiger partial charge in [-0.05, 0) is 31.0 Å². The lowest BCUT2D eigenvalue weighted by Crippen LogP contribution is -2.43. The molecule has 1 aliphatic rings. The molecule has 1 saturated heterocycles. The summed E-state index contributed by atoms with van der Waals surface area (Å²) in [4.78, 5) is 38.8. The Balaban J connectivity index is 1.84. The Hall–Kier alpha value is -3.15. The highest BCUT2D eigenvalue weighted by molar-refractivity contribution is 5.98. The van der Waals surface area contributed by atoms with Crippen LogP contribution in [0.5, 0.6) is 0 Å². The lowest BCUT2D eigenvalue weighted by molar-refractivity contribution is -0.147. The second-order valence-electron chi connectivity index (χ2n) is 7.06. The van der Waals surface area contributed by atoms with Crippen LogP contribution in [0.15, 0.2) is 60.7 Å². The first-order valence-electron chi connectivity index (χ1n) is 8.84. The third-order valence-electron chi connectivity index (χ3n) is 4.99. The van der Waals surface area contributed by atoms with E-state index in [2.05, 4.69) is 5.32 Å². The number of rotatable bonds is 5. The van der Waals surface area contributed by atoms with E-state index in [4.69, 9.17) is 0 Å². The molecule has 2 aromatic carbocycles. The molecule has 140 valence electrons. The quantitative estimate of drug-likeness (QED) is 0.851. The Morgan fingerprint density at radius 1 is 1.04 bits per heavy atom. The Kier molecular flexibility index (Phi) is 5.26. The minimum Gasteiger partial charge on any atom is -0.481 e. The van der Waals surface area contributed by atoms with Gasteiger partial charge in [-0.3, -0.25) is 14.4 Å². The van der Waals surface area contributed by atoms with Crippen molar-refractivity contribution >= 4 is 17.8 Å². The van der Waals surface area contributed by atoms with E-state index in [-0.39, 0.29) is 18.4 Å². The zero-order valence-corrected chi connectivity index (χ0v) is 15.1. The maximum absolute atomic E-state index is 13.1. The Bertz CT molecular complexity index is 838. The molecule has 1 heterocycles. The zero-order valence-electron chi connectivity index (χ0n) is 15.1. The van der Waals surface area contributed by atoms with E-state index in [9.17, 15) is 19.5 Å². The van der Waals surface area contributed by atoms with Crippen molar-refractivity contribution in [2.45, 2.75) is 19.4 Å². The molecule has 6 nitrogen and oxygen atoms in total. The first-order valence-corrected chi connectivity index (χ1v) is 8.84. The van der Waals surface area contributed by atoms with Crippen molar-refractivity contribution in [3.63, 3.8) is 0 Å². The Labute approximate surface area is 157 Å². The van der Waals surface area contributed by atoms with Crippen LogP contribution in [-0.2, 0) is 9.59 Å². The highest BCUT2D eigenvalue weighted by atomic mass is 16.4. The maximum atomic E-state index is 13.1. The number of nitrogens with zero attached hydrogens (tertiary/aromatic N) is 1. The molecule has 6 heteroatoms. The average molecular weight is 366 g/mol. The largest absolute Gasteiger partial charge is 0.481 e. The van der Waals surface area contributed by atoms with Gasteiger partial charge in [0.05, 0.1) is 5.41 Å². The summed E-state index contributed by atoms with van der Waals surface area (Å²) in [5.41, 5.74) is 0.166. The minimum absolute atomic E-state index is 0.131. The molecule has 1 fully saturated rings. The van der Waals surface area contributed by atoms with E-state index >= 15 is 0 Å². The molecule has 0 aliphatic carbocycles. The number of benzene rings is 2. The van der Waals surface area contributed by atoms with Gasteiger partial charge in [0.15, 0.2) is 0 Å². The van der Waals surface area contributed by atoms with Gasteiger partial charge in [-0.15, -0.1) is 0 Å². The van der Waals surface area contributed by atoms with Crippen LogP contribution in [0.3, 0.4) is 0 Å². The smallest absolute Gasteiger partial charge is 0.311 e. The third kappa shape index (κ3) is 4.00. The van der Waals surface area contributed by atoms with Crippen LogP contribution in [0.4, 0.5) is 0 Å². The molecule has 0 radical (unpaired) electrons. The van der Waals surface area contributed by atoms with E-state index < -0.39 is 17.4 Å². The molecule has 0 spiro atoms. The number of nitrogens with one attached hydrogen (secondary N) is 1. The third-order valence-corrected chi connectivity index (χ3v) is 4.99. The topological polar surface area (TPSA) is 86.7 Å². The van der Waals surface area contributed by atoms with E-state index in [1.54, 1.807) is 55.5 Å². The second kappa shape index (κ2) is 7.61. The predicted molar refractivity (Wildman–Crippen MR) is 100 cm³/mol. The zero-order chi connectivity index (χ0) is 19.4. The first-order chi connectivity index (χ1) is 12.9. The Morgan fingerprint density at radius 3 is 2.19 bits per heavy atom. The monoisotopic (exact) mass is 366 g/mol. The van der Waals surface area contributed by atoms with Gasteiger partial charge in [-0.1, -0.05) is 48.5 Å². The number of hydrogen-bond acceptors (Lipinski definition) is 3. The fraction of sp³-hybridized carbons (Fsp3) is 0.286. The summed E-state index contributed by atoms with van der Waals surface area (Å²) in [5, 5.41) is 12.2. The number of likely N-dealkylation sites (tertiary alicyclic amines) is 1. The number of hydrogen-bond donors (Lipinski definition) is 2. The maximum Gasteiger partial charge on any atom is 0.311 e. The van der Waals surface area contributed by atoms with Crippen molar-refractivity contribution in [2.75, 3.05) is 13.1 Å². The summed E-state index contributed by atoms with van der Waals surface area (Å²) in [6.07, 6.45) is 0.391. The summed E-state index contributed by atoms with van der Waals surface area (Å²) in [5.74, 6) is -1.56. The molecule has 1 aliphatic heterocycles. The van der Waals surface area contributed by atoms with Crippen LogP contribution in [-0.4, -0.2) is 40.9 Å². The molecular formula is C21H22N2O4. The number of carbonyl (C=O) groups excluding carboxylic acids is 2. The number of carbonyl (C=O) groups is 3. The molecule has 0 aromatic heterocycles. The molecule has 27 heavy (non-hydrogen) atoms. The van der Waals surface area contributed by atoms with Gasteiger partial charge in [0, 0.05) is 18.7 Å².